The number of hydrogen-bond donors (Lipinski definition) is 2. The van der Waals surface area contributed by atoms with Gasteiger partial charge in [-0.2, -0.15) is 0 Å². The third-order valence-electron chi connectivity index (χ3n) is 2.72. The Hall–Kier alpha value is -1.94. The molecule has 0 fully saturated rings. The summed E-state index contributed by atoms with van der Waals surface area (Å²) in [4.78, 5) is 16.4. The molecule has 0 atom stereocenters. The van der Waals surface area contributed by atoms with Gasteiger partial charge in [-0.25, -0.2) is 0 Å². The molecule has 1 amide bonds. The fraction of sp³-hybridized carbons (Fsp3) is 0.286. The molecule has 0 radical (unpaired) electrons. The highest BCUT2D eigenvalue weighted by atomic mass is 16.3. The first-order valence-electron chi connectivity index (χ1n) is 5.81. The van der Waals surface area contributed by atoms with Crippen LogP contribution >= 0.6 is 0 Å². The fourth-order valence-corrected chi connectivity index (χ4v) is 1.70. The van der Waals surface area contributed by atoms with Crippen LogP contribution in [0.4, 0.5) is 0 Å². The van der Waals surface area contributed by atoms with Gasteiger partial charge in [0.15, 0.2) is 0 Å². The molecule has 0 saturated heterocycles. The van der Waals surface area contributed by atoms with Crippen LogP contribution in [0, 0.1) is 0 Å². The molecule has 0 bridgehead atoms. The van der Waals surface area contributed by atoms with Crippen LogP contribution < -0.4 is 5.32 Å². The van der Waals surface area contributed by atoms with Crippen LogP contribution in [-0.2, 0) is 0 Å². The van der Waals surface area contributed by atoms with Crippen molar-refractivity contribution in [2.75, 3.05) is 6.61 Å². The molecule has 0 saturated carbocycles. The SMILES string of the molecule is CC(C)(CO)NC(=O)c1cccc2cccnc12. The van der Waals surface area contributed by atoms with Crippen molar-refractivity contribution in [2.45, 2.75) is 19.4 Å². The van der Waals surface area contributed by atoms with Gasteiger partial charge in [-0.05, 0) is 26.0 Å². The van der Waals surface area contributed by atoms with Gasteiger partial charge in [0.05, 0.1) is 23.2 Å². The molecule has 2 N–H and O–H groups in total. The number of hydrogen-bond acceptors (Lipinski definition) is 3. The van der Waals surface area contributed by atoms with E-state index in [9.17, 15) is 9.90 Å². The number of nitrogens with zero attached hydrogens (tertiary/aromatic N) is 1. The van der Waals surface area contributed by atoms with Gasteiger partial charge in [0.1, 0.15) is 0 Å². The summed E-state index contributed by atoms with van der Waals surface area (Å²) in [6.07, 6.45) is 1.66. The lowest BCUT2D eigenvalue weighted by Crippen LogP contribution is -2.46. The molecule has 1 heterocycles. The topological polar surface area (TPSA) is 62.2 Å². The van der Waals surface area contributed by atoms with Crippen molar-refractivity contribution in [2.24, 2.45) is 0 Å². The van der Waals surface area contributed by atoms with Crippen molar-refractivity contribution in [3.63, 3.8) is 0 Å². The van der Waals surface area contributed by atoms with Crippen molar-refractivity contribution in [1.29, 1.82) is 0 Å². The standard InChI is InChI=1S/C14H16N2O2/c1-14(2,9-17)16-13(18)11-7-3-5-10-6-4-8-15-12(10)11/h3-8,17H,9H2,1-2H3,(H,16,18). The summed E-state index contributed by atoms with van der Waals surface area (Å²) in [5, 5.41) is 12.9. The number of rotatable bonds is 3. The Bertz CT molecular complexity index is 574. The molecule has 1 aromatic heterocycles. The number of carbonyl (C=O) groups is 1. The second kappa shape index (κ2) is 4.74. The number of aromatic nitrogens is 1. The Balaban J connectivity index is 2.39. The van der Waals surface area contributed by atoms with E-state index in [0.717, 1.165) is 5.39 Å². The predicted molar refractivity (Wildman–Crippen MR) is 70.4 cm³/mol. The Labute approximate surface area is 106 Å². The number of aliphatic hydroxyl groups is 1. The molecule has 1 aromatic carbocycles. The van der Waals surface area contributed by atoms with Crippen LogP contribution in [0.25, 0.3) is 10.9 Å². The van der Waals surface area contributed by atoms with Crippen molar-refractivity contribution >= 4 is 16.8 Å². The molecule has 0 aliphatic rings. The largest absolute Gasteiger partial charge is 0.394 e. The van der Waals surface area contributed by atoms with Gasteiger partial charge < -0.3 is 10.4 Å². The van der Waals surface area contributed by atoms with E-state index in [-0.39, 0.29) is 12.5 Å². The van der Waals surface area contributed by atoms with Crippen LogP contribution in [0.15, 0.2) is 36.5 Å². The van der Waals surface area contributed by atoms with Crippen LogP contribution in [0.3, 0.4) is 0 Å². The van der Waals surface area contributed by atoms with Crippen molar-refractivity contribution < 1.29 is 9.90 Å². The summed E-state index contributed by atoms with van der Waals surface area (Å²) in [6, 6.07) is 9.22. The quantitative estimate of drug-likeness (QED) is 0.864. The van der Waals surface area contributed by atoms with E-state index in [2.05, 4.69) is 10.3 Å². The summed E-state index contributed by atoms with van der Waals surface area (Å²) in [5.74, 6) is -0.224. The van der Waals surface area contributed by atoms with Gasteiger partial charge in [0, 0.05) is 11.6 Å². The minimum Gasteiger partial charge on any atom is -0.394 e. The number of benzene rings is 1. The molecule has 0 spiro atoms. The minimum absolute atomic E-state index is 0.114. The maximum absolute atomic E-state index is 12.2. The predicted octanol–water partition coefficient (Wildman–Crippen LogP) is 1.74. The van der Waals surface area contributed by atoms with E-state index in [0.29, 0.717) is 11.1 Å². The number of amides is 1. The van der Waals surface area contributed by atoms with Gasteiger partial charge in [-0.1, -0.05) is 18.2 Å². The van der Waals surface area contributed by atoms with Gasteiger partial charge in [0.2, 0.25) is 0 Å². The zero-order valence-corrected chi connectivity index (χ0v) is 10.5. The van der Waals surface area contributed by atoms with Gasteiger partial charge in [0.25, 0.3) is 5.91 Å². The van der Waals surface area contributed by atoms with E-state index in [1.54, 1.807) is 26.1 Å². The summed E-state index contributed by atoms with van der Waals surface area (Å²) < 4.78 is 0. The number of aliphatic hydroxyl groups excluding tert-OH is 1. The maximum Gasteiger partial charge on any atom is 0.253 e. The molecule has 0 aliphatic heterocycles. The third-order valence-corrected chi connectivity index (χ3v) is 2.72. The normalized spacial score (nSPS) is 11.5. The van der Waals surface area contributed by atoms with E-state index >= 15 is 0 Å². The first kappa shape index (κ1) is 12.5. The lowest BCUT2D eigenvalue weighted by Gasteiger charge is -2.23. The second-order valence-electron chi connectivity index (χ2n) is 4.88. The van der Waals surface area contributed by atoms with Crippen LogP contribution in [0.5, 0.6) is 0 Å². The number of fused-ring (bicyclic) bond motifs is 1. The summed E-state index contributed by atoms with van der Waals surface area (Å²) in [5.41, 5.74) is 0.550. The molecule has 18 heavy (non-hydrogen) atoms. The first-order chi connectivity index (χ1) is 8.53. The molecule has 0 unspecified atom stereocenters. The zero-order chi connectivity index (χ0) is 13.2. The molecular weight excluding hydrogens is 228 g/mol. The van der Waals surface area contributed by atoms with Crippen molar-refractivity contribution in [3.8, 4) is 0 Å². The Kier molecular flexibility index (Phi) is 3.30. The van der Waals surface area contributed by atoms with Gasteiger partial charge in [-0.15, -0.1) is 0 Å². The summed E-state index contributed by atoms with van der Waals surface area (Å²) in [6.45, 7) is 3.42. The lowest BCUT2D eigenvalue weighted by molar-refractivity contribution is 0.0871. The van der Waals surface area contributed by atoms with E-state index in [4.69, 9.17) is 0 Å². The summed E-state index contributed by atoms with van der Waals surface area (Å²) >= 11 is 0. The lowest BCUT2D eigenvalue weighted by atomic mass is 10.0. The van der Waals surface area contributed by atoms with Crippen LogP contribution in [-0.4, -0.2) is 28.1 Å². The number of nitrogens with one attached hydrogen (secondary N) is 1. The van der Waals surface area contributed by atoms with Crippen LogP contribution in [0.1, 0.15) is 24.2 Å². The third kappa shape index (κ3) is 2.49. The second-order valence-corrected chi connectivity index (χ2v) is 4.88. The maximum atomic E-state index is 12.2. The number of para-hydroxylation sites is 1. The number of carbonyl (C=O) groups excluding carboxylic acids is 1. The zero-order valence-electron chi connectivity index (χ0n) is 10.5. The van der Waals surface area contributed by atoms with Crippen molar-refractivity contribution in [3.05, 3.63) is 42.1 Å². The first-order valence-corrected chi connectivity index (χ1v) is 5.81. The van der Waals surface area contributed by atoms with Gasteiger partial charge >= 0.3 is 0 Å². The Morgan fingerprint density at radius 2 is 2.06 bits per heavy atom. The molecule has 4 nitrogen and oxygen atoms in total. The summed E-state index contributed by atoms with van der Waals surface area (Å²) in [7, 11) is 0. The van der Waals surface area contributed by atoms with Gasteiger partial charge in [-0.3, -0.25) is 9.78 Å². The molecular formula is C14H16N2O2. The van der Waals surface area contributed by atoms with E-state index in [1.165, 1.54) is 0 Å². The molecule has 94 valence electrons. The average molecular weight is 244 g/mol. The molecule has 2 rings (SSSR count). The highest BCUT2D eigenvalue weighted by Gasteiger charge is 2.21. The Morgan fingerprint density at radius 1 is 1.33 bits per heavy atom. The number of pyridine rings is 1. The average Bonchev–Trinajstić information content (AvgIpc) is 2.37. The molecule has 4 heteroatoms. The Morgan fingerprint density at radius 3 is 2.78 bits per heavy atom. The van der Waals surface area contributed by atoms with E-state index in [1.807, 2.05) is 24.3 Å². The fourth-order valence-electron chi connectivity index (χ4n) is 1.70. The molecule has 2 aromatic rings. The highest BCUT2D eigenvalue weighted by molar-refractivity contribution is 6.05. The van der Waals surface area contributed by atoms with Crippen LogP contribution in [0.2, 0.25) is 0 Å². The highest BCUT2D eigenvalue weighted by Crippen LogP contribution is 2.16. The monoisotopic (exact) mass is 244 g/mol. The van der Waals surface area contributed by atoms with E-state index < -0.39 is 5.54 Å². The van der Waals surface area contributed by atoms with Crippen molar-refractivity contribution in [1.82, 2.24) is 10.3 Å². The molecule has 0 aliphatic carbocycles. The smallest absolute Gasteiger partial charge is 0.253 e. The minimum atomic E-state index is -0.645.